The number of carbonyl (C=O) groups is 1. The van der Waals surface area contributed by atoms with E-state index < -0.39 is 6.10 Å². The fraction of sp³-hybridized carbons (Fsp3) is 0.409. The van der Waals surface area contributed by atoms with Crippen molar-refractivity contribution in [2.45, 2.75) is 52.6 Å². The van der Waals surface area contributed by atoms with Crippen molar-refractivity contribution in [3.8, 4) is 5.75 Å². The van der Waals surface area contributed by atoms with Crippen LogP contribution in [0.2, 0.25) is 0 Å². The summed E-state index contributed by atoms with van der Waals surface area (Å²) in [6.07, 6.45) is 1.04. The number of nitrogens with one attached hydrogen (secondary N) is 1. The first-order chi connectivity index (χ1) is 12.4. The van der Waals surface area contributed by atoms with Gasteiger partial charge in [-0.15, -0.1) is 0 Å². The predicted octanol–water partition coefficient (Wildman–Crippen LogP) is 4.77. The fourth-order valence-electron chi connectivity index (χ4n) is 2.76. The molecule has 0 spiro atoms. The molecule has 2 aromatic carbocycles. The van der Waals surface area contributed by atoms with Gasteiger partial charge in [-0.25, -0.2) is 4.39 Å². The summed E-state index contributed by atoms with van der Waals surface area (Å²) in [4.78, 5) is 12.3. The van der Waals surface area contributed by atoms with Gasteiger partial charge in [0.1, 0.15) is 11.6 Å². The van der Waals surface area contributed by atoms with Crippen LogP contribution in [0.15, 0.2) is 42.5 Å². The monoisotopic (exact) mass is 357 g/mol. The van der Waals surface area contributed by atoms with Crippen LogP contribution in [0, 0.1) is 12.7 Å². The molecule has 0 aliphatic rings. The lowest BCUT2D eigenvalue weighted by atomic mass is 10.0. The van der Waals surface area contributed by atoms with Gasteiger partial charge < -0.3 is 10.1 Å². The molecule has 4 heteroatoms. The van der Waals surface area contributed by atoms with Crippen molar-refractivity contribution >= 4 is 5.91 Å². The van der Waals surface area contributed by atoms with E-state index in [1.165, 1.54) is 12.1 Å². The average molecular weight is 357 g/mol. The molecule has 2 aromatic rings. The van der Waals surface area contributed by atoms with Gasteiger partial charge in [-0.05, 0) is 67.5 Å². The third kappa shape index (κ3) is 5.87. The molecular weight excluding hydrogens is 329 g/mol. The summed E-state index contributed by atoms with van der Waals surface area (Å²) < 4.78 is 18.8. The molecule has 0 radical (unpaired) electrons. The average Bonchev–Trinajstić information content (AvgIpc) is 2.59. The molecule has 2 rings (SSSR count). The van der Waals surface area contributed by atoms with E-state index in [-0.39, 0.29) is 11.7 Å². The van der Waals surface area contributed by atoms with Crippen LogP contribution in [-0.4, -0.2) is 18.6 Å². The van der Waals surface area contributed by atoms with E-state index in [4.69, 9.17) is 4.74 Å². The summed E-state index contributed by atoms with van der Waals surface area (Å²) in [7, 11) is 0. The van der Waals surface area contributed by atoms with Crippen molar-refractivity contribution in [3.05, 3.63) is 65.0 Å². The normalized spacial score (nSPS) is 12.1. The van der Waals surface area contributed by atoms with Crippen LogP contribution in [0.3, 0.4) is 0 Å². The molecule has 0 bridgehead atoms. The van der Waals surface area contributed by atoms with Crippen molar-refractivity contribution < 1.29 is 13.9 Å². The van der Waals surface area contributed by atoms with E-state index in [0.29, 0.717) is 12.5 Å². The first-order valence-electron chi connectivity index (χ1n) is 9.16. The highest BCUT2D eigenvalue weighted by Gasteiger charge is 2.17. The van der Waals surface area contributed by atoms with Gasteiger partial charge >= 0.3 is 0 Å². The molecule has 1 N–H and O–H groups in total. The Balaban J connectivity index is 1.82. The predicted molar refractivity (Wildman–Crippen MR) is 103 cm³/mol. The number of halogens is 1. The van der Waals surface area contributed by atoms with Crippen LogP contribution in [0.25, 0.3) is 0 Å². The molecule has 1 amide bonds. The van der Waals surface area contributed by atoms with E-state index in [1.54, 1.807) is 19.1 Å². The highest BCUT2D eigenvalue weighted by molar-refractivity contribution is 5.80. The minimum Gasteiger partial charge on any atom is -0.481 e. The highest BCUT2D eigenvalue weighted by Crippen LogP contribution is 2.28. The zero-order chi connectivity index (χ0) is 19.1. The van der Waals surface area contributed by atoms with Crippen LogP contribution in [-0.2, 0) is 11.2 Å². The Hall–Kier alpha value is -2.36. The number of rotatable bonds is 8. The van der Waals surface area contributed by atoms with Gasteiger partial charge in [0.25, 0.3) is 5.91 Å². The standard InChI is InChI=1S/C22H28FNO2/c1-15(2)20-12-7-16(3)14-21(20)26-17(4)22(25)24-13-5-6-18-8-10-19(23)11-9-18/h7-12,14-15,17H,5-6,13H2,1-4H3,(H,24,25)/t17-/m1/s1. The summed E-state index contributed by atoms with van der Waals surface area (Å²) in [5.41, 5.74) is 3.27. The molecule has 0 aliphatic carbocycles. The molecule has 0 aliphatic heterocycles. The van der Waals surface area contributed by atoms with Gasteiger partial charge in [0.2, 0.25) is 0 Å². The smallest absolute Gasteiger partial charge is 0.260 e. The summed E-state index contributed by atoms with van der Waals surface area (Å²) in [6, 6.07) is 12.6. The second-order valence-electron chi connectivity index (χ2n) is 6.98. The number of hydrogen-bond donors (Lipinski definition) is 1. The zero-order valence-electron chi connectivity index (χ0n) is 16.0. The van der Waals surface area contributed by atoms with Gasteiger partial charge in [-0.1, -0.05) is 38.1 Å². The van der Waals surface area contributed by atoms with Gasteiger partial charge in [0, 0.05) is 6.54 Å². The lowest BCUT2D eigenvalue weighted by Gasteiger charge is -2.19. The van der Waals surface area contributed by atoms with Crippen LogP contribution in [0.5, 0.6) is 5.75 Å². The van der Waals surface area contributed by atoms with Crippen molar-refractivity contribution in [2.75, 3.05) is 6.54 Å². The number of carbonyl (C=O) groups excluding carboxylic acids is 1. The Kier molecular flexibility index (Phi) is 7.19. The van der Waals surface area contributed by atoms with Gasteiger partial charge in [0.15, 0.2) is 6.10 Å². The van der Waals surface area contributed by atoms with Crippen molar-refractivity contribution in [3.63, 3.8) is 0 Å². The van der Waals surface area contributed by atoms with Gasteiger partial charge in [-0.2, -0.15) is 0 Å². The largest absolute Gasteiger partial charge is 0.481 e. The minimum absolute atomic E-state index is 0.125. The molecule has 3 nitrogen and oxygen atoms in total. The minimum atomic E-state index is -0.555. The Bertz CT molecular complexity index is 725. The maximum Gasteiger partial charge on any atom is 0.260 e. The van der Waals surface area contributed by atoms with Crippen molar-refractivity contribution in [1.82, 2.24) is 5.32 Å². The van der Waals surface area contributed by atoms with Crippen LogP contribution in [0.4, 0.5) is 4.39 Å². The first-order valence-corrected chi connectivity index (χ1v) is 9.16. The van der Waals surface area contributed by atoms with E-state index in [9.17, 15) is 9.18 Å². The first kappa shape index (κ1) is 20.0. The molecule has 26 heavy (non-hydrogen) atoms. The molecule has 0 heterocycles. The maximum absolute atomic E-state index is 12.9. The summed E-state index contributed by atoms with van der Waals surface area (Å²) >= 11 is 0. The summed E-state index contributed by atoms with van der Waals surface area (Å²) in [5, 5.41) is 2.91. The third-order valence-corrected chi connectivity index (χ3v) is 4.32. The van der Waals surface area contributed by atoms with Crippen molar-refractivity contribution in [2.24, 2.45) is 0 Å². The van der Waals surface area contributed by atoms with E-state index in [1.807, 2.05) is 13.0 Å². The molecule has 0 fully saturated rings. The Morgan fingerprint density at radius 3 is 2.46 bits per heavy atom. The number of ether oxygens (including phenoxy) is 1. The third-order valence-electron chi connectivity index (χ3n) is 4.32. The van der Waals surface area contributed by atoms with E-state index in [2.05, 4.69) is 31.3 Å². The number of hydrogen-bond acceptors (Lipinski definition) is 2. The number of amides is 1. The van der Waals surface area contributed by atoms with Crippen LogP contribution < -0.4 is 10.1 Å². The van der Waals surface area contributed by atoms with Gasteiger partial charge in [0.05, 0.1) is 0 Å². The summed E-state index contributed by atoms with van der Waals surface area (Å²) in [5.74, 6) is 0.746. The fourth-order valence-corrected chi connectivity index (χ4v) is 2.76. The Labute approximate surface area is 155 Å². The van der Waals surface area contributed by atoms with Crippen LogP contribution in [0.1, 0.15) is 49.8 Å². The SMILES string of the molecule is Cc1ccc(C(C)C)c(O[C@H](C)C(=O)NCCCc2ccc(F)cc2)c1. The molecule has 0 saturated carbocycles. The number of benzene rings is 2. The molecule has 1 atom stereocenters. The Morgan fingerprint density at radius 2 is 1.81 bits per heavy atom. The number of aryl methyl sites for hydroxylation is 2. The van der Waals surface area contributed by atoms with Crippen molar-refractivity contribution in [1.29, 1.82) is 0 Å². The maximum atomic E-state index is 12.9. The highest BCUT2D eigenvalue weighted by atomic mass is 19.1. The van der Waals surface area contributed by atoms with Gasteiger partial charge in [-0.3, -0.25) is 4.79 Å². The molecule has 140 valence electrons. The molecular formula is C22H28FNO2. The lowest BCUT2D eigenvalue weighted by molar-refractivity contribution is -0.127. The second kappa shape index (κ2) is 9.37. The zero-order valence-corrected chi connectivity index (χ0v) is 16.0. The lowest BCUT2D eigenvalue weighted by Crippen LogP contribution is -2.37. The molecule has 0 unspecified atom stereocenters. The molecule has 0 saturated heterocycles. The summed E-state index contributed by atoms with van der Waals surface area (Å²) in [6.45, 7) is 8.56. The molecule has 0 aromatic heterocycles. The topological polar surface area (TPSA) is 38.3 Å². The van der Waals surface area contributed by atoms with E-state index in [0.717, 1.165) is 35.3 Å². The quantitative estimate of drug-likeness (QED) is 0.691. The van der Waals surface area contributed by atoms with E-state index >= 15 is 0 Å². The second-order valence-corrected chi connectivity index (χ2v) is 6.98. The van der Waals surface area contributed by atoms with Crippen LogP contribution >= 0.6 is 0 Å². The Morgan fingerprint density at radius 1 is 1.12 bits per heavy atom.